The third-order valence-electron chi connectivity index (χ3n) is 1.54. The molecule has 1 heterocycles. The minimum Gasteiger partial charge on any atom is -0.563 e. The minimum absolute atomic E-state index is 0.197. The average Bonchev–Trinajstić information content (AvgIpc) is 2.33. The third-order valence-corrected chi connectivity index (χ3v) is 1.54. The number of fused-ring (bicyclic) bond motifs is 1. The van der Waals surface area contributed by atoms with Gasteiger partial charge < -0.3 is 4.65 Å². The fourth-order valence-corrected chi connectivity index (χ4v) is 1.04. The maximum atomic E-state index is 12.5. The predicted octanol–water partition coefficient (Wildman–Crippen LogP) is 1.34. The van der Waals surface area contributed by atoms with E-state index in [1.54, 1.807) is 13.5 Å². The summed E-state index contributed by atoms with van der Waals surface area (Å²) in [7, 11) is 1.67. The molecule has 0 aliphatic carbocycles. The Balaban J connectivity index is 2.52. The van der Waals surface area contributed by atoms with Crippen molar-refractivity contribution in [3.8, 4) is 5.75 Å². The number of halogens is 1. The summed E-state index contributed by atoms with van der Waals surface area (Å²) in [6.45, 7) is 0. The molecule has 3 heteroatoms. The quantitative estimate of drug-likeness (QED) is 0.487. The lowest BCUT2D eigenvalue weighted by atomic mass is 9.94. The maximum absolute atomic E-state index is 12.5. The average molecular weight is 135 g/mol. The fourth-order valence-electron chi connectivity index (χ4n) is 1.04. The number of rotatable bonds is 0. The first-order chi connectivity index (χ1) is 4.86. The van der Waals surface area contributed by atoms with Gasteiger partial charge in [-0.2, -0.15) is 0 Å². The van der Waals surface area contributed by atoms with Crippen LogP contribution in [0, 0.1) is 5.82 Å². The molecule has 0 fully saturated rings. The lowest BCUT2D eigenvalue weighted by molar-refractivity contribution is 0.600. The van der Waals surface area contributed by atoms with Crippen molar-refractivity contribution in [1.29, 1.82) is 0 Å². The van der Waals surface area contributed by atoms with Crippen LogP contribution in [0.4, 0.5) is 4.39 Å². The second-order valence-electron chi connectivity index (χ2n) is 2.24. The van der Waals surface area contributed by atoms with Gasteiger partial charge >= 0.3 is 7.48 Å². The van der Waals surface area contributed by atoms with Crippen LogP contribution in [-0.4, -0.2) is 7.48 Å². The van der Waals surface area contributed by atoms with Gasteiger partial charge in [0.05, 0.1) is 0 Å². The Labute approximate surface area is 59.1 Å². The molecule has 1 aromatic rings. The molecule has 0 atom stereocenters. The van der Waals surface area contributed by atoms with E-state index in [1.165, 1.54) is 12.1 Å². The largest absolute Gasteiger partial charge is 0.563 e. The first-order valence-electron chi connectivity index (χ1n) is 3.13. The van der Waals surface area contributed by atoms with Crippen LogP contribution in [0.1, 0.15) is 5.56 Å². The Morgan fingerprint density at radius 1 is 1.50 bits per heavy atom. The summed E-state index contributed by atoms with van der Waals surface area (Å²) in [6.07, 6.45) is 0.715. The molecular weight excluding hydrogens is 130 g/mol. The van der Waals surface area contributed by atoms with Gasteiger partial charge in [0, 0.05) is 0 Å². The van der Waals surface area contributed by atoms with E-state index in [-0.39, 0.29) is 5.82 Å². The molecule has 1 aliphatic heterocycles. The molecule has 1 nitrogen and oxygen atoms in total. The Morgan fingerprint density at radius 2 is 2.40 bits per heavy atom. The van der Waals surface area contributed by atoms with Gasteiger partial charge in [0.2, 0.25) is 0 Å². The molecule has 1 radical (unpaired) electrons. The molecular formula is C7H5BFO. The summed E-state index contributed by atoms with van der Waals surface area (Å²) in [5, 5.41) is 0. The summed E-state index contributed by atoms with van der Waals surface area (Å²) < 4.78 is 17.6. The second kappa shape index (κ2) is 2.01. The van der Waals surface area contributed by atoms with E-state index in [4.69, 9.17) is 4.65 Å². The molecule has 1 aromatic carbocycles. The monoisotopic (exact) mass is 135 g/mol. The zero-order chi connectivity index (χ0) is 6.97. The van der Waals surface area contributed by atoms with Crippen LogP contribution in [0.5, 0.6) is 5.75 Å². The van der Waals surface area contributed by atoms with E-state index in [0.717, 1.165) is 11.3 Å². The summed E-state index contributed by atoms with van der Waals surface area (Å²) in [6, 6.07) is 4.55. The van der Waals surface area contributed by atoms with Crippen LogP contribution in [0.3, 0.4) is 0 Å². The molecule has 0 spiro atoms. The van der Waals surface area contributed by atoms with Gasteiger partial charge in [0.15, 0.2) is 0 Å². The Hall–Kier alpha value is -0.985. The standard InChI is InChI=1S/C7H5BFO/c9-6-1-2-7-5(3-6)4-8-10-7/h1-3H,4H2. The van der Waals surface area contributed by atoms with Gasteiger partial charge in [-0.3, -0.25) is 0 Å². The summed E-state index contributed by atoms with van der Waals surface area (Å²) in [4.78, 5) is 0. The molecule has 1 aliphatic rings. The van der Waals surface area contributed by atoms with Crippen molar-refractivity contribution in [2.75, 3.05) is 0 Å². The molecule has 0 unspecified atom stereocenters. The van der Waals surface area contributed by atoms with E-state index >= 15 is 0 Å². The van der Waals surface area contributed by atoms with E-state index in [2.05, 4.69) is 0 Å². The van der Waals surface area contributed by atoms with Gasteiger partial charge in [-0.15, -0.1) is 0 Å². The highest BCUT2D eigenvalue weighted by Crippen LogP contribution is 2.23. The summed E-state index contributed by atoms with van der Waals surface area (Å²) in [5.74, 6) is 0.582. The van der Waals surface area contributed by atoms with E-state index in [0.29, 0.717) is 6.32 Å². The molecule has 0 bridgehead atoms. The maximum Gasteiger partial charge on any atom is 0.374 e. The van der Waals surface area contributed by atoms with Crippen LogP contribution in [-0.2, 0) is 6.32 Å². The zero-order valence-corrected chi connectivity index (χ0v) is 5.30. The van der Waals surface area contributed by atoms with Crippen LogP contribution in [0.2, 0.25) is 0 Å². The summed E-state index contributed by atoms with van der Waals surface area (Å²) in [5.41, 5.74) is 0.931. The molecule has 0 amide bonds. The highest BCUT2D eigenvalue weighted by molar-refractivity contribution is 6.29. The van der Waals surface area contributed by atoms with Crippen LogP contribution in [0.25, 0.3) is 0 Å². The van der Waals surface area contributed by atoms with E-state index in [1.807, 2.05) is 0 Å². The van der Waals surface area contributed by atoms with Gasteiger partial charge in [-0.25, -0.2) is 4.39 Å². The Bertz CT molecular complexity index is 262. The van der Waals surface area contributed by atoms with Crippen molar-refractivity contribution in [2.45, 2.75) is 6.32 Å². The molecule has 10 heavy (non-hydrogen) atoms. The lowest BCUT2D eigenvalue weighted by Gasteiger charge is -1.97. The third kappa shape index (κ3) is 0.782. The molecule has 0 aromatic heterocycles. The highest BCUT2D eigenvalue weighted by atomic mass is 19.1. The first kappa shape index (κ1) is 5.77. The van der Waals surface area contributed by atoms with Crippen molar-refractivity contribution >= 4 is 7.48 Å². The van der Waals surface area contributed by atoms with Crippen molar-refractivity contribution in [3.05, 3.63) is 29.6 Å². The minimum atomic E-state index is -0.197. The Morgan fingerprint density at radius 3 is 3.30 bits per heavy atom. The van der Waals surface area contributed by atoms with E-state index < -0.39 is 0 Å². The highest BCUT2D eigenvalue weighted by Gasteiger charge is 2.13. The van der Waals surface area contributed by atoms with E-state index in [9.17, 15) is 4.39 Å². The molecule has 2 rings (SSSR count). The number of benzene rings is 1. The predicted molar refractivity (Wildman–Crippen MR) is 36.5 cm³/mol. The lowest BCUT2D eigenvalue weighted by Crippen LogP contribution is -1.92. The van der Waals surface area contributed by atoms with Crippen LogP contribution < -0.4 is 4.65 Å². The fraction of sp³-hybridized carbons (Fsp3) is 0.143. The molecule has 49 valence electrons. The van der Waals surface area contributed by atoms with Crippen molar-refractivity contribution < 1.29 is 9.04 Å². The van der Waals surface area contributed by atoms with Crippen molar-refractivity contribution in [1.82, 2.24) is 0 Å². The normalized spacial score (nSPS) is 13.7. The Kier molecular flexibility index (Phi) is 1.16. The first-order valence-corrected chi connectivity index (χ1v) is 3.13. The molecule has 0 N–H and O–H groups in total. The van der Waals surface area contributed by atoms with Crippen molar-refractivity contribution in [2.24, 2.45) is 0 Å². The second-order valence-corrected chi connectivity index (χ2v) is 2.24. The SMILES string of the molecule is Fc1ccc2c(c1)C[B]O2. The topological polar surface area (TPSA) is 9.23 Å². The van der Waals surface area contributed by atoms with Crippen LogP contribution in [0.15, 0.2) is 18.2 Å². The van der Waals surface area contributed by atoms with Gasteiger partial charge in [-0.05, 0) is 30.1 Å². The zero-order valence-electron chi connectivity index (χ0n) is 5.30. The number of hydrogen-bond donors (Lipinski definition) is 0. The smallest absolute Gasteiger partial charge is 0.374 e. The van der Waals surface area contributed by atoms with Crippen molar-refractivity contribution in [3.63, 3.8) is 0 Å². The summed E-state index contributed by atoms with van der Waals surface area (Å²) >= 11 is 0. The van der Waals surface area contributed by atoms with Gasteiger partial charge in [0.25, 0.3) is 0 Å². The van der Waals surface area contributed by atoms with Gasteiger partial charge in [-0.1, -0.05) is 0 Å². The van der Waals surface area contributed by atoms with Gasteiger partial charge in [0.1, 0.15) is 11.6 Å². The number of hydrogen-bond acceptors (Lipinski definition) is 1. The molecule has 0 saturated carbocycles. The van der Waals surface area contributed by atoms with Crippen LogP contribution >= 0.6 is 0 Å². The molecule has 0 saturated heterocycles.